The summed E-state index contributed by atoms with van der Waals surface area (Å²) < 4.78 is 7.71. The molecule has 2 aromatic rings. The Labute approximate surface area is 148 Å². The van der Waals surface area contributed by atoms with Gasteiger partial charge in [0.15, 0.2) is 0 Å². The standard InChI is InChI=1S/C20H27N3O2/c24-19-21-17-4-1-2-5-18(17)23(19)16-6-9-22(10-7-16)13-15-12-20(15)8-3-11-25-14-20/h1-2,4-5,15-16H,3,6-14H2,(H,21,24). The van der Waals surface area contributed by atoms with E-state index in [4.69, 9.17) is 4.74 Å². The second kappa shape index (κ2) is 5.99. The van der Waals surface area contributed by atoms with Gasteiger partial charge >= 0.3 is 5.69 Å². The fourth-order valence-electron chi connectivity index (χ4n) is 5.16. The molecule has 2 unspecified atom stereocenters. The van der Waals surface area contributed by atoms with Gasteiger partial charge in [0.25, 0.3) is 0 Å². The first kappa shape index (κ1) is 15.6. The molecule has 5 rings (SSSR count). The van der Waals surface area contributed by atoms with Gasteiger partial charge in [-0.2, -0.15) is 0 Å². The highest BCUT2D eigenvalue weighted by molar-refractivity contribution is 5.75. The van der Waals surface area contributed by atoms with Gasteiger partial charge in [-0.25, -0.2) is 4.79 Å². The van der Waals surface area contributed by atoms with Gasteiger partial charge in [-0.1, -0.05) is 12.1 Å². The van der Waals surface area contributed by atoms with E-state index >= 15 is 0 Å². The van der Waals surface area contributed by atoms with Crippen LogP contribution in [0.4, 0.5) is 0 Å². The average Bonchev–Trinajstić information content (AvgIpc) is 3.15. The number of aromatic amines is 1. The summed E-state index contributed by atoms with van der Waals surface area (Å²) in [6.45, 7) is 5.37. The van der Waals surface area contributed by atoms with Crippen molar-refractivity contribution >= 4 is 11.0 Å². The summed E-state index contributed by atoms with van der Waals surface area (Å²) in [5.41, 5.74) is 2.56. The Morgan fingerprint density at radius 3 is 2.88 bits per heavy atom. The number of likely N-dealkylation sites (tertiary alicyclic amines) is 1. The Bertz CT molecular complexity index is 810. The van der Waals surface area contributed by atoms with Crippen molar-refractivity contribution in [3.8, 4) is 0 Å². The van der Waals surface area contributed by atoms with Gasteiger partial charge in [-0.05, 0) is 55.6 Å². The lowest BCUT2D eigenvalue weighted by molar-refractivity contribution is 0.0321. The summed E-state index contributed by atoms with van der Waals surface area (Å²) >= 11 is 0. The van der Waals surface area contributed by atoms with Crippen LogP contribution < -0.4 is 5.69 Å². The van der Waals surface area contributed by atoms with Crippen LogP contribution in [0.15, 0.2) is 29.1 Å². The summed E-state index contributed by atoms with van der Waals surface area (Å²) in [7, 11) is 0. The highest BCUT2D eigenvalue weighted by atomic mass is 16.5. The number of hydrogen-bond acceptors (Lipinski definition) is 3. The minimum absolute atomic E-state index is 0.0418. The van der Waals surface area contributed by atoms with E-state index < -0.39 is 0 Å². The van der Waals surface area contributed by atoms with Gasteiger partial charge in [-0.3, -0.25) is 4.57 Å². The fraction of sp³-hybridized carbons (Fsp3) is 0.650. The second-order valence-electron chi connectivity index (χ2n) is 8.27. The van der Waals surface area contributed by atoms with E-state index in [9.17, 15) is 4.79 Å². The fourth-order valence-corrected chi connectivity index (χ4v) is 5.16. The van der Waals surface area contributed by atoms with Gasteiger partial charge in [-0.15, -0.1) is 0 Å². The molecule has 3 aliphatic rings. The molecule has 1 aliphatic carbocycles. The molecule has 0 amide bonds. The summed E-state index contributed by atoms with van der Waals surface area (Å²) in [5, 5.41) is 0. The maximum Gasteiger partial charge on any atom is 0.326 e. The SMILES string of the molecule is O=c1[nH]c2ccccc2n1C1CCN(CC2CC23CCCOC3)CC1. The van der Waals surface area contributed by atoms with Crippen LogP contribution in [0.5, 0.6) is 0 Å². The van der Waals surface area contributed by atoms with Crippen molar-refractivity contribution in [2.45, 2.75) is 38.1 Å². The zero-order valence-corrected chi connectivity index (χ0v) is 14.7. The number of nitrogens with zero attached hydrogens (tertiary/aromatic N) is 2. The largest absolute Gasteiger partial charge is 0.381 e. The van der Waals surface area contributed by atoms with Crippen molar-refractivity contribution in [1.82, 2.24) is 14.5 Å². The summed E-state index contributed by atoms with van der Waals surface area (Å²) in [4.78, 5) is 18.0. The van der Waals surface area contributed by atoms with E-state index in [1.165, 1.54) is 25.8 Å². The van der Waals surface area contributed by atoms with Gasteiger partial charge < -0.3 is 14.6 Å². The first-order valence-corrected chi connectivity index (χ1v) is 9.75. The monoisotopic (exact) mass is 341 g/mol. The second-order valence-corrected chi connectivity index (χ2v) is 8.27. The van der Waals surface area contributed by atoms with Crippen LogP contribution >= 0.6 is 0 Å². The van der Waals surface area contributed by atoms with Crippen LogP contribution in [0.1, 0.15) is 38.1 Å². The van der Waals surface area contributed by atoms with E-state index in [0.29, 0.717) is 11.5 Å². The van der Waals surface area contributed by atoms with Crippen molar-refractivity contribution in [2.75, 3.05) is 32.8 Å². The first-order chi connectivity index (χ1) is 12.3. The molecular formula is C20H27N3O2. The molecule has 3 fully saturated rings. The van der Waals surface area contributed by atoms with Crippen LogP contribution in [-0.2, 0) is 4.74 Å². The molecular weight excluding hydrogens is 314 g/mol. The molecule has 2 saturated heterocycles. The number of nitrogens with one attached hydrogen (secondary N) is 1. The zero-order valence-electron chi connectivity index (χ0n) is 14.7. The quantitative estimate of drug-likeness (QED) is 0.934. The molecule has 2 aliphatic heterocycles. The van der Waals surface area contributed by atoms with E-state index in [1.54, 1.807) is 0 Å². The Morgan fingerprint density at radius 2 is 2.08 bits per heavy atom. The number of benzene rings is 1. The number of aromatic nitrogens is 2. The number of hydrogen-bond donors (Lipinski definition) is 1. The molecule has 1 saturated carbocycles. The molecule has 5 heteroatoms. The number of imidazole rings is 1. The third kappa shape index (κ3) is 2.74. The third-order valence-electron chi connectivity index (χ3n) is 6.74. The van der Waals surface area contributed by atoms with Crippen LogP contribution in [0.2, 0.25) is 0 Å². The van der Waals surface area contributed by atoms with Gasteiger partial charge in [0.1, 0.15) is 0 Å². The highest BCUT2D eigenvalue weighted by Gasteiger charge is 2.54. The number of H-pyrrole nitrogens is 1. The van der Waals surface area contributed by atoms with Crippen LogP contribution in [-0.4, -0.2) is 47.3 Å². The number of piperidine rings is 1. The molecule has 3 heterocycles. The summed E-state index contributed by atoms with van der Waals surface area (Å²) in [6.07, 6.45) is 6.09. The van der Waals surface area contributed by atoms with E-state index in [2.05, 4.69) is 16.0 Å². The first-order valence-electron chi connectivity index (χ1n) is 9.75. The van der Waals surface area contributed by atoms with E-state index in [1.807, 2.05) is 22.8 Å². The van der Waals surface area contributed by atoms with E-state index in [0.717, 1.165) is 56.1 Å². The maximum absolute atomic E-state index is 12.4. The molecule has 1 spiro atoms. The summed E-state index contributed by atoms with van der Waals surface area (Å²) in [6, 6.07) is 8.36. The number of fused-ring (bicyclic) bond motifs is 1. The lowest BCUT2D eigenvalue weighted by Gasteiger charge is -2.33. The van der Waals surface area contributed by atoms with Crippen LogP contribution in [0.25, 0.3) is 11.0 Å². The normalized spacial score (nSPS) is 31.0. The molecule has 0 radical (unpaired) electrons. The maximum atomic E-state index is 12.4. The Balaban J connectivity index is 1.23. The third-order valence-corrected chi connectivity index (χ3v) is 6.74. The summed E-state index contributed by atoms with van der Waals surface area (Å²) in [5.74, 6) is 0.833. The predicted octanol–water partition coefficient (Wildman–Crippen LogP) is 2.78. The van der Waals surface area contributed by atoms with Crippen molar-refractivity contribution in [3.05, 3.63) is 34.7 Å². The van der Waals surface area contributed by atoms with Gasteiger partial charge in [0.05, 0.1) is 17.6 Å². The van der Waals surface area contributed by atoms with Crippen LogP contribution in [0, 0.1) is 11.3 Å². The molecule has 1 aromatic carbocycles. The minimum Gasteiger partial charge on any atom is -0.381 e. The Morgan fingerprint density at radius 1 is 1.24 bits per heavy atom. The predicted molar refractivity (Wildman–Crippen MR) is 97.9 cm³/mol. The molecule has 25 heavy (non-hydrogen) atoms. The van der Waals surface area contributed by atoms with Crippen molar-refractivity contribution < 1.29 is 4.74 Å². The van der Waals surface area contributed by atoms with Crippen molar-refractivity contribution in [3.63, 3.8) is 0 Å². The number of ether oxygens (including phenoxy) is 1. The lowest BCUT2D eigenvalue weighted by atomic mass is 9.95. The molecule has 5 nitrogen and oxygen atoms in total. The molecule has 1 N–H and O–H groups in total. The Kier molecular flexibility index (Phi) is 3.75. The Hall–Kier alpha value is -1.59. The van der Waals surface area contributed by atoms with Gasteiger partial charge in [0.2, 0.25) is 0 Å². The number of rotatable bonds is 3. The molecule has 0 bridgehead atoms. The topological polar surface area (TPSA) is 50.3 Å². The zero-order chi connectivity index (χ0) is 16.9. The van der Waals surface area contributed by atoms with E-state index in [-0.39, 0.29) is 5.69 Å². The lowest BCUT2D eigenvalue weighted by Crippen LogP contribution is -2.38. The molecule has 2 atom stereocenters. The van der Waals surface area contributed by atoms with Gasteiger partial charge in [0, 0.05) is 32.3 Å². The van der Waals surface area contributed by atoms with Crippen LogP contribution in [0.3, 0.4) is 0 Å². The minimum atomic E-state index is 0.0418. The van der Waals surface area contributed by atoms with Crippen molar-refractivity contribution in [1.29, 1.82) is 0 Å². The molecule has 1 aromatic heterocycles. The smallest absolute Gasteiger partial charge is 0.326 e. The number of para-hydroxylation sites is 2. The highest BCUT2D eigenvalue weighted by Crippen LogP contribution is 2.57. The molecule has 134 valence electrons. The average molecular weight is 341 g/mol. The van der Waals surface area contributed by atoms with Crippen molar-refractivity contribution in [2.24, 2.45) is 11.3 Å².